The highest BCUT2D eigenvalue weighted by atomic mass is 16.9. The molecule has 0 aromatic rings. The van der Waals surface area contributed by atoms with Gasteiger partial charge >= 0.3 is 35.8 Å². The van der Waals surface area contributed by atoms with Crippen LogP contribution in [0.4, 0.5) is 0 Å². The summed E-state index contributed by atoms with van der Waals surface area (Å²) in [7, 11) is 0. The predicted octanol–water partition coefficient (Wildman–Crippen LogP) is -2.66. The quantitative estimate of drug-likeness (QED) is 0.134. The van der Waals surface area contributed by atoms with Crippen molar-refractivity contribution in [1.29, 1.82) is 0 Å². The summed E-state index contributed by atoms with van der Waals surface area (Å²) in [5.41, 5.74) is -6.60. The second kappa shape index (κ2) is 13.5. The molecule has 58 heavy (non-hydrogen) atoms. The highest BCUT2D eigenvalue weighted by Gasteiger charge is 3.29. The molecule has 9 fully saturated rings. The summed E-state index contributed by atoms with van der Waals surface area (Å²) in [6.45, 7) is 7.03. The Balaban J connectivity index is 1.13. The Labute approximate surface area is 329 Å². The molecule has 0 radical (unpaired) electrons. The van der Waals surface area contributed by atoms with Crippen molar-refractivity contribution in [2.75, 3.05) is 19.8 Å². The number of hydrogen-bond donors (Lipinski definition) is 3. The van der Waals surface area contributed by atoms with Crippen LogP contribution in [0.5, 0.6) is 0 Å². The molecule has 3 spiro atoms. The minimum absolute atomic E-state index is 0.245. The fourth-order valence-corrected chi connectivity index (χ4v) is 11.0. The Hall–Kier alpha value is -3.58. The molecule has 18 atom stereocenters. The van der Waals surface area contributed by atoms with E-state index in [0.29, 0.717) is 0 Å². The molecule has 9 aliphatic rings. The van der Waals surface area contributed by atoms with E-state index in [-0.39, 0.29) is 13.0 Å². The van der Waals surface area contributed by atoms with E-state index in [0.717, 1.165) is 41.5 Å². The van der Waals surface area contributed by atoms with Gasteiger partial charge in [-0.05, 0) is 13.3 Å². The van der Waals surface area contributed by atoms with Gasteiger partial charge in [-0.25, -0.2) is 0 Å². The fourth-order valence-electron chi connectivity index (χ4n) is 11.0. The molecule has 0 aromatic heterocycles. The Kier molecular flexibility index (Phi) is 9.56. The summed E-state index contributed by atoms with van der Waals surface area (Å²) in [5, 5.41) is 36.1. The monoisotopic (exact) mass is 830 g/mol. The zero-order chi connectivity index (χ0) is 42.1. The van der Waals surface area contributed by atoms with Gasteiger partial charge in [0.2, 0.25) is 5.79 Å². The molecule has 0 unspecified atom stereocenters. The second-order valence-electron chi connectivity index (χ2n) is 15.9. The van der Waals surface area contributed by atoms with Crippen molar-refractivity contribution in [1.82, 2.24) is 0 Å². The Morgan fingerprint density at radius 3 is 1.53 bits per heavy atom. The molecule has 22 nitrogen and oxygen atoms in total. The molecule has 7 aliphatic heterocycles. The number of aliphatic hydroxyl groups excluding tert-OH is 2. The normalized spacial score (nSPS) is 49.8. The molecule has 3 N–H and O–H groups in total. The molecule has 2 saturated carbocycles. The smallest absolute Gasteiger partial charge is 0.303 e. The zero-order valence-electron chi connectivity index (χ0n) is 32.6. The van der Waals surface area contributed by atoms with Gasteiger partial charge in [0, 0.05) is 48.0 Å². The fraction of sp³-hybridized carbons (Fsp3) is 0.833. The van der Waals surface area contributed by atoms with E-state index in [1.165, 1.54) is 0 Å². The average Bonchev–Trinajstić information content (AvgIpc) is 3.71. The topological polar surface area (TPSA) is 283 Å². The molecular weight excluding hydrogens is 784 g/mol. The van der Waals surface area contributed by atoms with Crippen LogP contribution in [0.15, 0.2) is 0 Å². The van der Waals surface area contributed by atoms with Gasteiger partial charge in [-0.2, -0.15) is 0 Å². The van der Waals surface area contributed by atoms with Crippen molar-refractivity contribution < 1.29 is 106 Å². The number of carbonyl (C=O) groups excluding carboxylic acids is 6. The number of rotatable bonds is 12. The van der Waals surface area contributed by atoms with Gasteiger partial charge in [0.05, 0.1) is 24.2 Å². The van der Waals surface area contributed by atoms with Crippen molar-refractivity contribution in [3.63, 3.8) is 0 Å². The summed E-state index contributed by atoms with van der Waals surface area (Å²) in [6, 6.07) is 0. The van der Waals surface area contributed by atoms with E-state index in [4.69, 9.17) is 61.6 Å². The number of esters is 6. The maximum atomic E-state index is 12.6. The molecule has 9 rings (SSSR count). The van der Waals surface area contributed by atoms with Gasteiger partial charge in [-0.15, -0.1) is 0 Å². The number of carbonyl (C=O) groups is 6. The van der Waals surface area contributed by atoms with Crippen molar-refractivity contribution >= 4 is 35.8 Å². The lowest BCUT2D eigenvalue weighted by atomic mass is 9.70. The van der Waals surface area contributed by atoms with Crippen molar-refractivity contribution in [2.45, 2.75) is 163 Å². The lowest BCUT2D eigenvalue weighted by Gasteiger charge is -2.57. The van der Waals surface area contributed by atoms with Gasteiger partial charge < -0.3 is 76.9 Å². The first kappa shape index (κ1) is 41.2. The Bertz CT molecular complexity index is 1710. The summed E-state index contributed by atoms with van der Waals surface area (Å²) < 4.78 is 77.3. The highest BCUT2D eigenvalue weighted by Crippen LogP contribution is 3.06. The maximum absolute atomic E-state index is 12.6. The molecule has 22 heteroatoms. The zero-order valence-corrected chi connectivity index (χ0v) is 32.6. The van der Waals surface area contributed by atoms with E-state index in [2.05, 4.69) is 0 Å². The van der Waals surface area contributed by atoms with Crippen LogP contribution in [0.2, 0.25) is 0 Å². The van der Waals surface area contributed by atoms with Crippen LogP contribution in [-0.2, 0) is 90.3 Å². The minimum Gasteiger partial charge on any atom is -0.463 e. The third-order valence-electron chi connectivity index (χ3n) is 12.6. The number of ether oxygens (including phenoxy) is 13. The molecule has 322 valence electrons. The highest BCUT2D eigenvalue weighted by molar-refractivity contribution is 5.73. The first-order valence-corrected chi connectivity index (χ1v) is 18.9. The third kappa shape index (κ3) is 5.13. The number of hydrogen-bond acceptors (Lipinski definition) is 22. The van der Waals surface area contributed by atoms with Crippen LogP contribution in [0.1, 0.15) is 61.3 Å². The van der Waals surface area contributed by atoms with Crippen LogP contribution in [0, 0.1) is 5.41 Å². The van der Waals surface area contributed by atoms with Crippen LogP contribution in [0.25, 0.3) is 0 Å². The van der Waals surface area contributed by atoms with Crippen molar-refractivity contribution in [3.05, 3.63) is 0 Å². The van der Waals surface area contributed by atoms with Gasteiger partial charge in [0.15, 0.2) is 41.9 Å². The van der Waals surface area contributed by atoms with Gasteiger partial charge in [-0.3, -0.25) is 28.8 Å². The van der Waals surface area contributed by atoms with Crippen LogP contribution in [0.3, 0.4) is 0 Å². The first-order chi connectivity index (χ1) is 27.2. The summed E-state index contributed by atoms with van der Waals surface area (Å²) >= 11 is 0. The lowest BCUT2D eigenvalue weighted by molar-refractivity contribution is -0.454. The van der Waals surface area contributed by atoms with E-state index >= 15 is 0 Å². The standard InChI is InChI=1S/C36H46O22/c1-13(37)46-10-22-27(49-15(3)39)29(51-17(5)41)25(43)20(53-22)8-31-33(45)24-12-48-32(36(57-24)35(31,34(31,33)58-32)55-19(7)56-36)9-21-26(44)30(52-18(6)42)28(50-16(4)40)23(54-21)11-47-14(2)38/h19-30,43-45H,8-12H2,1-7H3/t19-,20+,21-,22-,23+,24-,25-,26+,27+,28-,29-,30+,31-,32-,33-,34-,35+,36+/m1/s1. The second-order valence-corrected chi connectivity index (χ2v) is 15.9. The molecule has 0 amide bonds. The summed E-state index contributed by atoms with van der Waals surface area (Å²) in [5.74, 6) is -8.61. The maximum Gasteiger partial charge on any atom is 0.303 e. The molecule has 7 saturated heterocycles. The molecule has 5 bridgehead atoms. The number of aliphatic hydroxyl groups is 3. The van der Waals surface area contributed by atoms with E-state index < -0.39 is 163 Å². The van der Waals surface area contributed by atoms with Gasteiger partial charge in [-0.1, -0.05) is 0 Å². The lowest BCUT2D eigenvalue weighted by Crippen LogP contribution is -2.78. The molecular formula is C36H46O22. The van der Waals surface area contributed by atoms with Crippen LogP contribution < -0.4 is 0 Å². The van der Waals surface area contributed by atoms with E-state index in [1.54, 1.807) is 6.92 Å². The van der Waals surface area contributed by atoms with E-state index in [9.17, 15) is 44.1 Å². The van der Waals surface area contributed by atoms with Crippen molar-refractivity contribution in [2.24, 2.45) is 5.41 Å². The summed E-state index contributed by atoms with van der Waals surface area (Å²) in [6.07, 6.45) is -17.2. The Morgan fingerprint density at radius 2 is 1.07 bits per heavy atom. The van der Waals surface area contributed by atoms with Gasteiger partial charge in [0.25, 0.3) is 5.79 Å². The van der Waals surface area contributed by atoms with Crippen LogP contribution in [-0.4, -0.2) is 173 Å². The average molecular weight is 831 g/mol. The SMILES string of the molecule is CC(=O)OC[C@@H]1O[C@H](C[C@]23OC[C@H]4O[C@@]25O[C@H](C)O[C@]52[C@]5(C[C@@H]6O[C@H](COC(C)=O)[C@H](OC(C)=O)[C@H](OC(C)=O)[C@@H]6O)[C@@]4(O)[C@]52O3)[C@H](O)[C@H](OC(C)=O)[C@@H]1OC(C)=O. The minimum atomic E-state index is -2.00. The molecule has 7 heterocycles. The van der Waals surface area contributed by atoms with Crippen molar-refractivity contribution in [3.8, 4) is 0 Å². The molecule has 2 aliphatic carbocycles. The first-order valence-electron chi connectivity index (χ1n) is 18.9. The van der Waals surface area contributed by atoms with Crippen LogP contribution >= 0.6 is 0 Å². The van der Waals surface area contributed by atoms with E-state index in [1.807, 2.05) is 0 Å². The Morgan fingerprint density at radius 1 is 0.603 bits per heavy atom. The third-order valence-corrected chi connectivity index (χ3v) is 12.6. The van der Waals surface area contributed by atoms with Gasteiger partial charge in [0.1, 0.15) is 49.3 Å². The largest absolute Gasteiger partial charge is 0.463 e. The molecule has 0 aromatic carbocycles. The predicted molar refractivity (Wildman–Crippen MR) is 176 cm³/mol. The summed E-state index contributed by atoms with van der Waals surface area (Å²) in [4.78, 5) is 72.5.